The molecule has 0 bridgehead atoms. The van der Waals surface area contributed by atoms with Crippen LogP contribution in [0, 0.1) is 12.8 Å². The average molecular weight is 277 g/mol. The Hall–Kier alpha value is -1.13. The fourth-order valence-corrected chi connectivity index (χ4v) is 2.89. The zero-order valence-electron chi connectivity index (χ0n) is 13.1. The van der Waals surface area contributed by atoms with E-state index in [1.54, 1.807) is 0 Å². The maximum Gasteiger partial charge on any atom is 0.131 e. The van der Waals surface area contributed by atoms with E-state index in [1.807, 2.05) is 6.20 Å². The molecule has 1 aromatic heterocycles. The van der Waals surface area contributed by atoms with Gasteiger partial charge < -0.3 is 15.3 Å². The first-order valence-electron chi connectivity index (χ1n) is 7.59. The van der Waals surface area contributed by atoms with E-state index in [2.05, 4.69) is 49.0 Å². The molecule has 0 spiro atoms. The van der Waals surface area contributed by atoms with Crippen LogP contribution in [-0.2, 0) is 6.54 Å². The second-order valence-electron chi connectivity index (χ2n) is 6.23. The van der Waals surface area contributed by atoms with E-state index < -0.39 is 0 Å². The molecule has 1 aromatic rings. The van der Waals surface area contributed by atoms with E-state index in [1.165, 1.54) is 11.1 Å². The van der Waals surface area contributed by atoms with Gasteiger partial charge in [0.2, 0.25) is 0 Å². The monoisotopic (exact) mass is 277 g/mol. The molecule has 2 rings (SSSR count). The first kappa shape index (κ1) is 15.3. The number of aliphatic hydroxyl groups excluding tert-OH is 1. The lowest BCUT2D eigenvalue weighted by Crippen LogP contribution is -2.36. The van der Waals surface area contributed by atoms with Crippen molar-refractivity contribution in [1.82, 2.24) is 10.3 Å². The summed E-state index contributed by atoms with van der Waals surface area (Å²) < 4.78 is 0. The van der Waals surface area contributed by atoms with Crippen LogP contribution in [0.2, 0.25) is 0 Å². The van der Waals surface area contributed by atoms with Crippen molar-refractivity contribution < 1.29 is 5.11 Å². The maximum atomic E-state index is 9.58. The first-order valence-corrected chi connectivity index (χ1v) is 7.59. The third-order valence-electron chi connectivity index (χ3n) is 4.16. The number of hydrogen-bond acceptors (Lipinski definition) is 4. The number of anilines is 1. The Morgan fingerprint density at radius 1 is 1.50 bits per heavy atom. The summed E-state index contributed by atoms with van der Waals surface area (Å²) in [5, 5.41) is 13.0. The van der Waals surface area contributed by atoms with Crippen LogP contribution in [0.3, 0.4) is 0 Å². The second-order valence-corrected chi connectivity index (χ2v) is 6.23. The van der Waals surface area contributed by atoms with Crippen molar-refractivity contribution in [2.45, 2.75) is 52.7 Å². The molecular weight excluding hydrogens is 250 g/mol. The van der Waals surface area contributed by atoms with Crippen molar-refractivity contribution >= 4 is 5.82 Å². The maximum absolute atomic E-state index is 9.58. The summed E-state index contributed by atoms with van der Waals surface area (Å²) in [4.78, 5) is 6.91. The number of aromatic nitrogens is 1. The van der Waals surface area contributed by atoms with Gasteiger partial charge in [-0.05, 0) is 36.5 Å². The molecule has 0 radical (unpaired) electrons. The lowest BCUT2D eigenvalue weighted by Gasteiger charge is -2.27. The van der Waals surface area contributed by atoms with Crippen LogP contribution in [-0.4, -0.2) is 35.3 Å². The number of nitrogens with zero attached hydrogens (tertiary/aromatic N) is 2. The van der Waals surface area contributed by atoms with Crippen LogP contribution < -0.4 is 10.2 Å². The average Bonchev–Trinajstić information content (AvgIpc) is 2.77. The van der Waals surface area contributed by atoms with Gasteiger partial charge in [-0.2, -0.15) is 0 Å². The van der Waals surface area contributed by atoms with Crippen molar-refractivity contribution in [1.29, 1.82) is 0 Å². The van der Waals surface area contributed by atoms with Crippen LogP contribution in [0.1, 0.15) is 38.3 Å². The molecule has 1 aliphatic heterocycles. The zero-order chi connectivity index (χ0) is 14.7. The van der Waals surface area contributed by atoms with Gasteiger partial charge in [0.15, 0.2) is 0 Å². The Bertz CT molecular complexity index is 447. The summed E-state index contributed by atoms with van der Waals surface area (Å²) in [5.74, 6) is 1.56. The van der Waals surface area contributed by atoms with E-state index in [-0.39, 0.29) is 12.6 Å². The molecule has 4 nitrogen and oxygen atoms in total. The fraction of sp³-hybridized carbons (Fsp3) is 0.688. The van der Waals surface area contributed by atoms with Crippen LogP contribution in [0.5, 0.6) is 0 Å². The van der Waals surface area contributed by atoms with Crippen LogP contribution >= 0.6 is 0 Å². The lowest BCUT2D eigenvalue weighted by atomic mass is 10.0. The van der Waals surface area contributed by atoms with Crippen molar-refractivity contribution in [3.8, 4) is 0 Å². The Kier molecular flexibility index (Phi) is 5.00. The Balaban J connectivity index is 2.13. The van der Waals surface area contributed by atoms with Crippen molar-refractivity contribution in [2.75, 3.05) is 18.1 Å². The first-order chi connectivity index (χ1) is 9.52. The van der Waals surface area contributed by atoms with Gasteiger partial charge in [-0.3, -0.25) is 0 Å². The summed E-state index contributed by atoms with van der Waals surface area (Å²) >= 11 is 0. The molecule has 2 unspecified atom stereocenters. The van der Waals surface area contributed by atoms with Gasteiger partial charge in [0.05, 0.1) is 12.6 Å². The van der Waals surface area contributed by atoms with Crippen LogP contribution in [0.4, 0.5) is 5.82 Å². The molecule has 4 heteroatoms. The predicted molar refractivity (Wildman–Crippen MR) is 83.0 cm³/mol. The summed E-state index contributed by atoms with van der Waals surface area (Å²) in [6.07, 6.45) is 3.08. The van der Waals surface area contributed by atoms with Crippen molar-refractivity contribution in [2.24, 2.45) is 5.92 Å². The molecule has 0 aromatic carbocycles. The molecule has 2 atom stereocenters. The third kappa shape index (κ3) is 3.30. The summed E-state index contributed by atoms with van der Waals surface area (Å²) in [6.45, 7) is 10.7. The highest BCUT2D eigenvalue weighted by Crippen LogP contribution is 2.30. The Morgan fingerprint density at radius 2 is 2.25 bits per heavy atom. The van der Waals surface area contributed by atoms with Crippen LogP contribution in [0.15, 0.2) is 12.3 Å². The molecule has 1 aliphatic rings. The minimum absolute atomic E-state index is 0.207. The van der Waals surface area contributed by atoms with Crippen LogP contribution in [0.25, 0.3) is 0 Å². The molecule has 2 N–H and O–H groups in total. The number of aryl methyl sites for hydroxylation is 1. The Morgan fingerprint density at radius 3 is 2.85 bits per heavy atom. The molecule has 1 fully saturated rings. The van der Waals surface area contributed by atoms with Gasteiger partial charge >= 0.3 is 0 Å². The highest BCUT2D eigenvalue weighted by Gasteiger charge is 2.32. The summed E-state index contributed by atoms with van der Waals surface area (Å²) in [6, 6.07) is 2.89. The lowest BCUT2D eigenvalue weighted by molar-refractivity contribution is 0.244. The summed E-state index contributed by atoms with van der Waals surface area (Å²) in [5.41, 5.74) is 2.41. The fourth-order valence-electron chi connectivity index (χ4n) is 2.89. The number of aliphatic hydroxyl groups is 1. The van der Waals surface area contributed by atoms with E-state index in [9.17, 15) is 5.11 Å². The molecule has 0 saturated carbocycles. The molecule has 0 amide bonds. The summed E-state index contributed by atoms with van der Waals surface area (Å²) in [7, 11) is 0. The van der Waals surface area contributed by atoms with Gasteiger partial charge in [0.1, 0.15) is 5.82 Å². The quantitative estimate of drug-likeness (QED) is 0.865. The smallest absolute Gasteiger partial charge is 0.131 e. The van der Waals surface area contributed by atoms with Gasteiger partial charge in [0.25, 0.3) is 0 Å². The molecule has 2 heterocycles. The second kappa shape index (κ2) is 6.55. The highest BCUT2D eigenvalue weighted by molar-refractivity contribution is 5.49. The Labute approximate surface area is 122 Å². The van der Waals surface area contributed by atoms with Gasteiger partial charge in [-0.1, -0.05) is 20.8 Å². The van der Waals surface area contributed by atoms with Gasteiger partial charge in [-0.25, -0.2) is 4.98 Å². The molecule has 0 aliphatic carbocycles. The SMILES string of the molecule is Cc1cc(CNC(C)C)cnc1N1CCC(C)C1CO. The van der Waals surface area contributed by atoms with Gasteiger partial charge in [0, 0.05) is 25.3 Å². The van der Waals surface area contributed by atoms with E-state index in [0.29, 0.717) is 12.0 Å². The minimum Gasteiger partial charge on any atom is -0.394 e. The molecule has 20 heavy (non-hydrogen) atoms. The van der Waals surface area contributed by atoms with E-state index in [4.69, 9.17) is 0 Å². The van der Waals surface area contributed by atoms with E-state index in [0.717, 1.165) is 25.3 Å². The number of pyridine rings is 1. The topological polar surface area (TPSA) is 48.4 Å². The number of nitrogens with one attached hydrogen (secondary N) is 1. The molecule has 112 valence electrons. The normalized spacial score (nSPS) is 22.8. The third-order valence-corrected chi connectivity index (χ3v) is 4.16. The number of hydrogen-bond donors (Lipinski definition) is 2. The van der Waals surface area contributed by atoms with Crippen molar-refractivity contribution in [3.63, 3.8) is 0 Å². The predicted octanol–water partition coefficient (Wildman–Crippen LogP) is 2.10. The zero-order valence-corrected chi connectivity index (χ0v) is 13.1. The molecule has 1 saturated heterocycles. The minimum atomic E-state index is 0.207. The number of rotatable bonds is 5. The highest BCUT2D eigenvalue weighted by atomic mass is 16.3. The van der Waals surface area contributed by atoms with Crippen molar-refractivity contribution in [3.05, 3.63) is 23.4 Å². The standard InChI is InChI=1S/C16H27N3O/c1-11(2)17-8-14-7-13(4)16(18-9-14)19-6-5-12(3)15(19)10-20/h7,9,11-12,15,17,20H,5-6,8,10H2,1-4H3. The van der Waals surface area contributed by atoms with E-state index >= 15 is 0 Å². The largest absolute Gasteiger partial charge is 0.394 e. The van der Waals surface area contributed by atoms with Gasteiger partial charge in [-0.15, -0.1) is 0 Å². The molecular formula is C16H27N3O.